The van der Waals surface area contributed by atoms with Crippen LogP contribution in [0.4, 0.5) is 4.39 Å². The molecule has 0 aliphatic heterocycles. The highest BCUT2D eigenvalue weighted by atomic mass is 19.1. The summed E-state index contributed by atoms with van der Waals surface area (Å²) in [5, 5.41) is 4.70. The predicted molar refractivity (Wildman–Crippen MR) is 63.1 cm³/mol. The molecule has 0 unspecified atom stereocenters. The van der Waals surface area contributed by atoms with Gasteiger partial charge >= 0.3 is 11.8 Å². The minimum atomic E-state index is -0.797. The van der Waals surface area contributed by atoms with Crippen molar-refractivity contribution in [2.45, 2.75) is 6.54 Å². The largest absolute Gasteiger partial charge is 0.383 e. The van der Waals surface area contributed by atoms with E-state index in [2.05, 4.69) is 10.6 Å². The Morgan fingerprint density at radius 2 is 1.89 bits per heavy atom. The van der Waals surface area contributed by atoms with E-state index in [1.807, 2.05) is 0 Å². The molecule has 2 amide bonds. The predicted octanol–water partition coefficient (Wildman–Crippen LogP) is 0.205. The summed E-state index contributed by atoms with van der Waals surface area (Å²) in [7, 11) is 1.49. The van der Waals surface area contributed by atoms with Crippen LogP contribution in [0.3, 0.4) is 0 Å². The number of carbonyl (C=O) groups is 2. The molecule has 0 spiro atoms. The second-order valence-corrected chi connectivity index (χ2v) is 3.52. The molecule has 1 rings (SSSR count). The van der Waals surface area contributed by atoms with Crippen LogP contribution in [-0.2, 0) is 20.9 Å². The van der Waals surface area contributed by atoms with Gasteiger partial charge in [-0.15, -0.1) is 0 Å². The fourth-order valence-electron chi connectivity index (χ4n) is 1.24. The highest BCUT2D eigenvalue weighted by Gasteiger charge is 2.12. The molecule has 0 saturated carbocycles. The lowest BCUT2D eigenvalue weighted by Gasteiger charge is -2.06. The topological polar surface area (TPSA) is 67.4 Å². The Labute approximate surface area is 104 Å². The first-order valence-electron chi connectivity index (χ1n) is 5.43. The molecule has 1 aromatic carbocycles. The number of halogens is 1. The summed E-state index contributed by atoms with van der Waals surface area (Å²) in [5.41, 5.74) is 0.329. The first kappa shape index (κ1) is 14.1. The Kier molecular flexibility index (Phi) is 5.79. The Morgan fingerprint density at radius 3 is 2.56 bits per heavy atom. The van der Waals surface area contributed by atoms with E-state index < -0.39 is 17.6 Å². The van der Waals surface area contributed by atoms with Gasteiger partial charge in [0.15, 0.2) is 0 Å². The first-order valence-corrected chi connectivity index (χ1v) is 5.43. The molecular weight excluding hydrogens is 239 g/mol. The maximum atomic E-state index is 13.2. The summed E-state index contributed by atoms with van der Waals surface area (Å²) in [6.07, 6.45) is 0. The van der Waals surface area contributed by atoms with Crippen molar-refractivity contribution in [1.82, 2.24) is 10.6 Å². The smallest absolute Gasteiger partial charge is 0.309 e. The Morgan fingerprint density at radius 1 is 1.22 bits per heavy atom. The molecule has 0 fully saturated rings. The summed E-state index contributed by atoms with van der Waals surface area (Å²) in [5.74, 6) is -1.98. The van der Waals surface area contributed by atoms with Crippen molar-refractivity contribution in [2.75, 3.05) is 20.3 Å². The third-order valence-corrected chi connectivity index (χ3v) is 2.20. The number of hydrogen-bond acceptors (Lipinski definition) is 3. The lowest BCUT2D eigenvalue weighted by molar-refractivity contribution is -0.139. The molecule has 0 aromatic heterocycles. The van der Waals surface area contributed by atoms with Gasteiger partial charge < -0.3 is 15.4 Å². The maximum absolute atomic E-state index is 13.2. The average molecular weight is 254 g/mol. The summed E-state index contributed by atoms with van der Waals surface area (Å²) in [6, 6.07) is 6.04. The molecule has 1 aromatic rings. The SMILES string of the molecule is COCCNC(=O)C(=O)NCc1ccccc1F. The molecule has 18 heavy (non-hydrogen) atoms. The minimum absolute atomic E-state index is 0.0246. The van der Waals surface area contributed by atoms with Gasteiger partial charge in [0.05, 0.1) is 6.61 Å². The van der Waals surface area contributed by atoms with Crippen molar-refractivity contribution in [2.24, 2.45) is 0 Å². The van der Waals surface area contributed by atoms with E-state index in [0.717, 1.165) is 0 Å². The fourth-order valence-corrected chi connectivity index (χ4v) is 1.24. The number of ether oxygens (including phenoxy) is 1. The minimum Gasteiger partial charge on any atom is -0.383 e. The quantitative estimate of drug-likeness (QED) is 0.583. The van der Waals surface area contributed by atoms with E-state index in [9.17, 15) is 14.0 Å². The van der Waals surface area contributed by atoms with Crippen molar-refractivity contribution in [3.8, 4) is 0 Å². The number of hydrogen-bond donors (Lipinski definition) is 2. The van der Waals surface area contributed by atoms with Crippen LogP contribution in [0, 0.1) is 5.82 Å². The summed E-state index contributed by atoms with van der Waals surface area (Å²) in [6.45, 7) is 0.554. The summed E-state index contributed by atoms with van der Waals surface area (Å²) in [4.78, 5) is 22.6. The molecule has 0 saturated heterocycles. The van der Waals surface area contributed by atoms with Gasteiger partial charge in [0.1, 0.15) is 5.82 Å². The van der Waals surface area contributed by atoms with E-state index >= 15 is 0 Å². The Hall–Kier alpha value is -1.95. The molecule has 0 heterocycles. The van der Waals surface area contributed by atoms with Crippen molar-refractivity contribution >= 4 is 11.8 Å². The van der Waals surface area contributed by atoms with Crippen molar-refractivity contribution in [1.29, 1.82) is 0 Å². The van der Waals surface area contributed by atoms with Gasteiger partial charge in [-0.2, -0.15) is 0 Å². The maximum Gasteiger partial charge on any atom is 0.309 e. The number of carbonyl (C=O) groups excluding carboxylic acids is 2. The number of nitrogens with one attached hydrogen (secondary N) is 2. The number of methoxy groups -OCH3 is 1. The number of benzene rings is 1. The van der Waals surface area contributed by atoms with Crippen molar-refractivity contribution in [3.63, 3.8) is 0 Å². The van der Waals surface area contributed by atoms with Crippen LogP contribution in [0.25, 0.3) is 0 Å². The van der Waals surface area contributed by atoms with Crippen LogP contribution >= 0.6 is 0 Å². The molecular formula is C12H15FN2O3. The number of rotatable bonds is 5. The standard InChI is InChI=1S/C12H15FN2O3/c1-18-7-6-14-11(16)12(17)15-8-9-4-2-3-5-10(9)13/h2-5H,6-8H2,1H3,(H,14,16)(H,15,17). The summed E-state index contributed by atoms with van der Waals surface area (Å²) < 4.78 is 17.9. The highest BCUT2D eigenvalue weighted by molar-refractivity contribution is 6.35. The van der Waals surface area contributed by atoms with E-state index in [0.29, 0.717) is 12.2 Å². The average Bonchev–Trinajstić information content (AvgIpc) is 2.37. The van der Waals surface area contributed by atoms with Gasteiger partial charge in [-0.05, 0) is 6.07 Å². The zero-order valence-electron chi connectivity index (χ0n) is 10.0. The molecule has 0 aliphatic rings. The lowest BCUT2D eigenvalue weighted by Crippen LogP contribution is -2.40. The molecule has 0 aliphatic carbocycles. The third-order valence-electron chi connectivity index (χ3n) is 2.20. The van der Waals surface area contributed by atoms with Crippen molar-refractivity contribution < 1.29 is 18.7 Å². The second-order valence-electron chi connectivity index (χ2n) is 3.52. The van der Waals surface area contributed by atoms with E-state index in [1.54, 1.807) is 18.2 Å². The number of amides is 2. The second kappa shape index (κ2) is 7.39. The molecule has 2 N–H and O–H groups in total. The molecule has 5 nitrogen and oxygen atoms in total. The lowest BCUT2D eigenvalue weighted by atomic mass is 10.2. The van der Waals surface area contributed by atoms with E-state index in [1.165, 1.54) is 13.2 Å². The molecule has 0 radical (unpaired) electrons. The van der Waals surface area contributed by atoms with Crippen LogP contribution in [-0.4, -0.2) is 32.1 Å². The molecule has 6 heteroatoms. The monoisotopic (exact) mass is 254 g/mol. The van der Waals surface area contributed by atoms with E-state index in [4.69, 9.17) is 4.74 Å². The normalized spacial score (nSPS) is 9.89. The fraction of sp³-hybridized carbons (Fsp3) is 0.333. The molecule has 0 atom stereocenters. The van der Waals surface area contributed by atoms with Gasteiger partial charge in [-0.1, -0.05) is 18.2 Å². The van der Waals surface area contributed by atoms with Gasteiger partial charge in [-0.25, -0.2) is 4.39 Å². The van der Waals surface area contributed by atoms with Crippen LogP contribution in [0.1, 0.15) is 5.56 Å². The Balaban J connectivity index is 2.37. The third kappa shape index (κ3) is 4.50. The zero-order valence-corrected chi connectivity index (χ0v) is 10.0. The van der Waals surface area contributed by atoms with Crippen molar-refractivity contribution in [3.05, 3.63) is 35.6 Å². The molecule has 0 bridgehead atoms. The summed E-state index contributed by atoms with van der Waals surface area (Å²) >= 11 is 0. The van der Waals surface area contributed by atoms with E-state index in [-0.39, 0.29) is 13.1 Å². The van der Waals surface area contributed by atoms with Gasteiger partial charge in [0.2, 0.25) is 0 Å². The van der Waals surface area contributed by atoms with Crippen LogP contribution in [0.5, 0.6) is 0 Å². The van der Waals surface area contributed by atoms with Crippen LogP contribution < -0.4 is 10.6 Å². The first-order chi connectivity index (χ1) is 8.65. The zero-order chi connectivity index (χ0) is 13.4. The van der Waals surface area contributed by atoms with Gasteiger partial charge in [0, 0.05) is 25.8 Å². The molecule has 98 valence electrons. The van der Waals surface area contributed by atoms with Gasteiger partial charge in [-0.3, -0.25) is 9.59 Å². The van der Waals surface area contributed by atoms with Crippen LogP contribution in [0.2, 0.25) is 0 Å². The Bertz CT molecular complexity index is 424. The van der Waals surface area contributed by atoms with Gasteiger partial charge in [0.25, 0.3) is 0 Å². The highest BCUT2D eigenvalue weighted by Crippen LogP contribution is 2.05. The van der Waals surface area contributed by atoms with Crippen LogP contribution in [0.15, 0.2) is 24.3 Å².